The van der Waals surface area contributed by atoms with Crippen LogP contribution < -0.4 is 0 Å². The fraction of sp³-hybridized carbons (Fsp3) is 0.588. The number of amides is 1. The molecule has 1 saturated heterocycles. The van der Waals surface area contributed by atoms with Gasteiger partial charge in [0.05, 0.1) is 6.10 Å². The second-order valence-corrected chi connectivity index (χ2v) is 6.56. The molecule has 1 fully saturated rings. The molecule has 1 N–H and O–H groups in total. The number of carbonyl (C=O) groups is 1. The molecule has 1 heterocycles. The molecule has 4 nitrogen and oxygen atoms in total. The summed E-state index contributed by atoms with van der Waals surface area (Å²) in [4.78, 5) is 16.7. The number of rotatable bonds is 6. The number of aliphatic hydroxyl groups excluding tert-OH is 1. The highest BCUT2D eigenvalue weighted by Crippen LogP contribution is 2.21. The molecule has 0 saturated carbocycles. The van der Waals surface area contributed by atoms with Crippen LogP contribution in [-0.4, -0.2) is 59.1 Å². The van der Waals surface area contributed by atoms with Crippen LogP contribution in [0.2, 0.25) is 5.02 Å². The van der Waals surface area contributed by atoms with Crippen LogP contribution in [-0.2, 0) is 0 Å². The summed E-state index contributed by atoms with van der Waals surface area (Å²) in [6, 6.07) is 7.35. The highest BCUT2D eigenvalue weighted by Gasteiger charge is 2.36. The van der Waals surface area contributed by atoms with Crippen LogP contribution in [0.4, 0.5) is 0 Å². The summed E-state index contributed by atoms with van der Waals surface area (Å²) in [5.74, 6) is 0.0174. The molecule has 1 unspecified atom stereocenters. The minimum atomic E-state index is -0.237. The summed E-state index contributed by atoms with van der Waals surface area (Å²) >= 11 is 5.88. The molecule has 0 bridgehead atoms. The van der Waals surface area contributed by atoms with Crippen LogP contribution in [0, 0.1) is 0 Å². The van der Waals surface area contributed by atoms with Gasteiger partial charge in [0.25, 0.3) is 5.91 Å². The number of benzene rings is 1. The van der Waals surface area contributed by atoms with Gasteiger partial charge in [0, 0.05) is 42.8 Å². The van der Waals surface area contributed by atoms with Crippen molar-refractivity contribution in [3.05, 3.63) is 34.9 Å². The van der Waals surface area contributed by atoms with Gasteiger partial charge in [-0.3, -0.25) is 9.69 Å². The highest BCUT2D eigenvalue weighted by molar-refractivity contribution is 6.30. The van der Waals surface area contributed by atoms with Crippen LogP contribution in [0.3, 0.4) is 0 Å². The van der Waals surface area contributed by atoms with Crippen molar-refractivity contribution in [2.45, 2.75) is 44.9 Å². The van der Waals surface area contributed by atoms with Gasteiger partial charge in [-0.05, 0) is 37.6 Å². The molecule has 2 rings (SSSR count). The first-order valence-corrected chi connectivity index (χ1v) is 8.26. The lowest BCUT2D eigenvalue weighted by Crippen LogP contribution is -2.61. The molecule has 3 atom stereocenters. The van der Waals surface area contributed by atoms with Crippen molar-refractivity contribution in [3.63, 3.8) is 0 Å². The Balaban J connectivity index is 2.03. The van der Waals surface area contributed by atoms with Crippen molar-refractivity contribution in [2.75, 3.05) is 20.1 Å². The van der Waals surface area contributed by atoms with Crippen LogP contribution in [0.15, 0.2) is 24.3 Å². The summed E-state index contributed by atoms with van der Waals surface area (Å²) in [5.41, 5.74) is 0.657. The number of hydrogen-bond donors (Lipinski definition) is 1. The molecule has 122 valence electrons. The third-order valence-corrected chi connectivity index (χ3v) is 4.83. The third kappa shape index (κ3) is 3.80. The number of hydrogen-bond acceptors (Lipinski definition) is 3. The molecule has 22 heavy (non-hydrogen) atoms. The monoisotopic (exact) mass is 324 g/mol. The Hall–Kier alpha value is -1.10. The number of aliphatic hydroxyl groups is 1. The Morgan fingerprint density at radius 3 is 2.59 bits per heavy atom. The summed E-state index contributed by atoms with van der Waals surface area (Å²) in [5, 5.41) is 10.3. The van der Waals surface area contributed by atoms with E-state index in [1.165, 1.54) is 0 Å². The average molecular weight is 325 g/mol. The molecule has 1 aliphatic rings. The van der Waals surface area contributed by atoms with Crippen LogP contribution >= 0.6 is 11.6 Å². The lowest BCUT2D eigenvalue weighted by atomic mass is 9.98. The number of β-amino-alcohol motifs (C(OH)–C–C–N with tert-alkyl or cyclic N) is 1. The average Bonchev–Trinajstić information content (AvgIpc) is 2.52. The second-order valence-electron chi connectivity index (χ2n) is 6.13. The lowest BCUT2D eigenvalue weighted by Gasteiger charge is -2.46. The summed E-state index contributed by atoms with van der Waals surface area (Å²) in [6.45, 7) is 5.66. The molecular formula is C17H25ClN2O2. The van der Waals surface area contributed by atoms with E-state index >= 15 is 0 Å². The van der Waals surface area contributed by atoms with Crippen LogP contribution in [0.5, 0.6) is 0 Å². The fourth-order valence-corrected chi connectivity index (χ4v) is 3.00. The molecule has 1 aromatic rings. The minimum Gasteiger partial charge on any atom is -0.390 e. The number of likely N-dealkylation sites (N-methyl/N-ethyl adjacent to an activating group) is 1. The molecule has 1 amide bonds. The van der Waals surface area contributed by atoms with Crippen molar-refractivity contribution in [1.29, 1.82) is 0 Å². The normalized spacial score (nSPS) is 23.0. The van der Waals surface area contributed by atoms with Gasteiger partial charge in [0.15, 0.2) is 0 Å². The SMILES string of the molecule is CCCC(CN1C[C@H](O)[C@H]1C)N(C)C(=O)c1ccc(Cl)cc1. The van der Waals surface area contributed by atoms with Gasteiger partial charge in [-0.1, -0.05) is 24.9 Å². The molecule has 0 aromatic heterocycles. The van der Waals surface area contributed by atoms with E-state index in [1.54, 1.807) is 24.3 Å². The van der Waals surface area contributed by atoms with Crippen LogP contribution in [0.25, 0.3) is 0 Å². The van der Waals surface area contributed by atoms with Gasteiger partial charge >= 0.3 is 0 Å². The summed E-state index contributed by atoms with van der Waals surface area (Å²) in [6.07, 6.45) is 1.74. The molecule has 0 aliphatic carbocycles. The smallest absolute Gasteiger partial charge is 0.253 e. The van der Waals surface area contributed by atoms with E-state index in [9.17, 15) is 9.90 Å². The predicted octanol–water partition coefficient (Wildman–Crippen LogP) is 2.65. The van der Waals surface area contributed by atoms with Crippen molar-refractivity contribution in [1.82, 2.24) is 9.80 Å². The predicted molar refractivity (Wildman–Crippen MR) is 89.3 cm³/mol. The van der Waals surface area contributed by atoms with E-state index in [0.717, 1.165) is 19.4 Å². The maximum absolute atomic E-state index is 12.6. The van der Waals surface area contributed by atoms with E-state index < -0.39 is 0 Å². The molecule has 1 aliphatic heterocycles. The Morgan fingerprint density at radius 2 is 2.09 bits per heavy atom. The molecule has 0 spiro atoms. The fourth-order valence-electron chi connectivity index (χ4n) is 2.88. The first-order valence-electron chi connectivity index (χ1n) is 7.88. The highest BCUT2D eigenvalue weighted by atomic mass is 35.5. The first-order chi connectivity index (χ1) is 10.4. The zero-order valence-corrected chi connectivity index (χ0v) is 14.3. The van der Waals surface area contributed by atoms with Gasteiger partial charge in [0.1, 0.15) is 0 Å². The lowest BCUT2D eigenvalue weighted by molar-refractivity contribution is -0.0614. The Morgan fingerprint density at radius 1 is 1.45 bits per heavy atom. The topological polar surface area (TPSA) is 43.8 Å². The molecule has 0 radical (unpaired) electrons. The van der Waals surface area contributed by atoms with E-state index in [4.69, 9.17) is 11.6 Å². The zero-order valence-electron chi connectivity index (χ0n) is 13.5. The largest absolute Gasteiger partial charge is 0.390 e. The van der Waals surface area contributed by atoms with Gasteiger partial charge in [0.2, 0.25) is 0 Å². The molecule has 5 heteroatoms. The van der Waals surface area contributed by atoms with E-state index in [1.807, 2.05) is 18.9 Å². The number of halogens is 1. The standard InChI is InChI=1S/C17H25ClN2O2/c1-4-5-15(10-20-11-16(21)12(20)2)19(3)17(22)13-6-8-14(18)9-7-13/h6-9,12,15-16,21H,4-5,10-11H2,1-3H3/t12-,15?,16+/m1/s1. The Bertz CT molecular complexity index is 506. The maximum Gasteiger partial charge on any atom is 0.253 e. The van der Waals surface area contributed by atoms with E-state index in [-0.39, 0.29) is 24.1 Å². The minimum absolute atomic E-state index is 0.0174. The van der Waals surface area contributed by atoms with Gasteiger partial charge in [-0.2, -0.15) is 0 Å². The second kappa shape index (κ2) is 7.44. The van der Waals surface area contributed by atoms with Crippen molar-refractivity contribution >= 4 is 17.5 Å². The quantitative estimate of drug-likeness (QED) is 0.875. The number of nitrogens with zero attached hydrogens (tertiary/aromatic N) is 2. The van der Waals surface area contributed by atoms with Crippen molar-refractivity contribution < 1.29 is 9.90 Å². The van der Waals surface area contributed by atoms with E-state index in [0.29, 0.717) is 17.1 Å². The number of likely N-dealkylation sites (tertiary alicyclic amines) is 1. The van der Waals surface area contributed by atoms with Crippen molar-refractivity contribution in [2.24, 2.45) is 0 Å². The van der Waals surface area contributed by atoms with Crippen molar-refractivity contribution in [3.8, 4) is 0 Å². The van der Waals surface area contributed by atoms with Gasteiger partial charge in [-0.25, -0.2) is 0 Å². The summed E-state index contributed by atoms with van der Waals surface area (Å²) < 4.78 is 0. The summed E-state index contributed by atoms with van der Waals surface area (Å²) in [7, 11) is 1.86. The zero-order chi connectivity index (χ0) is 16.3. The molecule has 1 aromatic carbocycles. The first kappa shape index (κ1) is 17.3. The Kier molecular flexibility index (Phi) is 5.84. The van der Waals surface area contributed by atoms with Crippen LogP contribution in [0.1, 0.15) is 37.0 Å². The molecular weight excluding hydrogens is 300 g/mol. The third-order valence-electron chi connectivity index (χ3n) is 4.58. The maximum atomic E-state index is 12.6. The van der Waals surface area contributed by atoms with Gasteiger partial charge < -0.3 is 10.0 Å². The van der Waals surface area contributed by atoms with Gasteiger partial charge in [-0.15, -0.1) is 0 Å². The Labute approximate surface area is 137 Å². The van der Waals surface area contributed by atoms with E-state index in [2.05, 4.69) is 11.8 Å². The number of carbonyl (C=O) groups excluding carboxylic acids is 1.